The highest BCUT2D eigenvalue weighted by atomic mass is 16.5. The average molecular weight is 169 g/mol. The zero-order valence-electron chi connectivity index (χ0n) is 8.42. The van der Waals surface area contributed by atoms with E-state index in [9.17, 15) is 0 Å². The minimum absolute atomic E-state index is 0.412. The van der Waals surface area contributed by atoms with Gasteiger partial charge in [-0.05, 0) is 24.8 Å². The first kappa shape index (κ1) is 10.1. The minimum atomic E-state index is 0.412. The molecule has 3 heteroatoms. The van der Waals surface area contributed by atoms with Gasteiger partial charge in [0.05, 0.1) is 6.10 Å². The van der Waals surface area contributed by atoms with E-state index in [0.29, 0.717) is 18.0 Å². The second kappa shape index (κ2) is 4.29. The van der Waals surface area contributed by atoms with Crippen molar-refractivity contribution in [2.24, 2.45) is 17.6 Å². The van der Waals surface area contributed by atoms with Crippen LogP contribution in [-0.4, -0.2) is 26.5 Å². The summed E-state index contributed by atoms with van der Waals surface area (Å²) in [7, 11) is 2.18. The molecule has 0 aromatic rings. The number of hydrogen-bond donors (Lipinski definition) is 1. The first-order valence-corrected chi connectivity index (χ1v) is 5.06. The Morgan fingerprint density at radius 1 is 1.50 bits per heavy atom. The van der Waals surface area contributed by atoms with E-state index in [1.54, 1.807) is 0 Å². The predicted octanol–water partition coefficient (Wildman–Crippen LogP) is 0.355. The van der Waals surface area contributed by atoms with Gasteiger partial charge in [0.2, 0.25) is 0 Å². The van der Waals surface area contributed by atoms with Gasteiger partial charge in [-0.15, -0.1) is 0 Å². The molecule has 12 heavy (non-hydrogen) atoms. The average Bonchev–Trinajstić information content (AvgIpc) is 2.29. The van der Waals surface area contributed by atoms with Gasteiger partial charge in [-0.1, -0.05) is 20.3 Å². The SMILES string of the molecule is BC1OC(CCN)C(C)C1CC. The maximum absolute atomic E-state index is 5.84. The van der Waals surface area contributed by atoms with Crippen molar-refractivity contribution in [2.75, 3.05) is 6.54 Å². The van der Waals surface area contributed by atoms with E-state index in [0.717, 1.165) is 18.9 Å². The van der Waals surface area contributed by atoms with Crippen LogP contribution in [0.15, 0.2) is 0 Å². The molecule has 0 aromatic heterocycles. The van der Waals surface area contributed by atoms with Gasteiger partial charge < -0.3 is 10.5 Å². The third kappa shape index (κ3) is 1.83. The summed E-state index contributed by atoms with van der Waals surface area (Å²) < 4.78 is 5.84. The number of ether oxygens (including phenoxy) is 1. The highest BCUT2D eigenvalue weighted by Gasteiger charge is 2.36. The Labute approximate surface area is 76.3 Å². The van der Waals surface area contributed by atoms with Gasteiger partial charge >= 0.3 is 0 Å². The molecule has 1 aliphatic rings. The van der Waals surface area contributed by atoms with Crippen LogP contribution < -0.4 is 5.73 Å². The van der Waals surface area contributed by atoms with Gasteiger partial charge in [-0.25, -0.2) is 0 Å². The summed E-state index contributed by atoms with van der Waals surface area (Å²) in [6.07, 6.45) is 2.65. The van der Waals surface area contributed by atoms with Crippen molar-refractivity contribution >= 4 is 7.85 Å². The summed E-state index contributed by atoms with van der Waals surface area (Å²) in [6, 6.07) is 0.432. The van der Waals surface area contributed by atoms with Crippen LogP contribution in [0.25, 0.3) is 0 Å². The molecule has 2 N–H and O–H groups in total. The van der Waals surface area contributed by atoms with E-state index in [1.807, 2.05) is 0 Å². The molecule has 1 heterocycles. The summed E-state index contributed by atoms with van der Waals surface area (Å²) in [4.78, 5) is 0. The van der Waals surface area contributed by atoms with Crippen LogP contribution in [0, 0.1) is 11.8 Å². The third-order valence-electron chi connectivity index (χ3n) is 3.18. The lowest BCUT2D eigenvalue weighted by Crippen LogP contribution is -2.20. The lowest BCUT2D eigenvalue weighted by atomic mass is 9.78. The van der Waals surface area contributed by atoms with Crippen molar-refractivity contribution in [3.63, 3.8) is 0 Å². The highest BCUT2D eigenvalue weighted by Crippen LogP contribution is 2.34. The summed E-state index contributed by atoms with van der Waals surface area (Å²) in [6.45, 7) is 5.28. The zero-order valence-corrected chi connectivity index (χ0v) is 8.42. The van der Waals surface area contributed by atoms with E-state index in [2.05, 4.69) is 21.7 Å². The molecular weight excluding hydrogens is 149 g/mol. The molecule has 1 fully saturated rings. The summed E-state index contributed by atoms with van der Waals surface area (Å²) >= 11 is 0. The monoisotopic (exact) mass is 169 g/mol. The third-order valence-corrected chi connectivity index (χ3v) is 3.18. The molecule has 2 nitrogen and oxygen atoms in total. The molecule has 0 aromatic carbocycles. The van der Waals surface area contributed by atoms with Crippen LogP contribution >= 0.6 is 0 Å². The lowest BCUT2D eigenvalue weighted by molar-refractivity contribution is 0.0674. The van der Waals surface area contributed by atoms with Crippen LogP contribution in [0.3, 0.4) is 0 Å². The molecule has 0 spiro atoms. The summed E-state index contributed by atoms with van der Waals surface area (Å²) in [5, 5.41) is 0. The minimum Gasteiger partial charge on any atom is -0.383 e. The van der Waals surface area contributed by atoms with Crippen molar-refractivity contribution in [3.05, 3.63) is 0 Å². The van der Waals surface area contributed by atoms with Crippen LogP contribution in [-0.2, 0) is 4.74 Å². The second-order valence-electron chi connectivity index (χ2n) is 3.89. The molecule has 1 saturated heterocycles. The summed E-state index contributed by atoms with van der Waals surface area (Å²) in [5.41, 5.74) is 5.52. The van der Waals surface area contributed by atoms with Crippen LogP contribution in [0.4, 0.5) is 0 Å². The van der Waals surface area contributed by atoms with Crippen molar-refractivity contribution in [1.82, 2.24) is 0 Å². The van der Waals surface area contributed by atoms with Crippen LogP contribution in [0.5, 0.6) is 0 Å². The zero-order chi connectivity index (χ0) is 9.14. The Kier molecular flexibility index (Phi) is 3.60. The Morgan fingerprint density at radius 2 is 2.17 bits per heavy atom. The van der Waals surface area contributed by atoms with E-state index >= 15 is 0 Å². The molecule has 70 valence electrons. The van der Waals surface area contributed by atoms with Crippen LogP contribution in [0.1, 0.15) is 26.7 Å². The molecule has 4 atom stereocenters. The molecule has 1 aliphatic heterocycles. The van der Waals surface area contributed by atoms with Crippen molar-refractivity contribution < 1.29 is 4.74 Å². The van der Waals surface area contributed by atoms with Gasteiger partial charge in [0.25, 0.3) is 0 Å². The van der Waals surface area contributed by atoms with Crippen molar-refractivity contribution in [1.29, 1.82) is 0 Å². The second-order valence-corrected chi connectivity index (χ2v) is 3.89. The van der Waals surface area contributed by atoms with E-state index in [1.165, 1.54) is 6.42 Å². The standard InChI is InChI=1S/C9H20BNO/c1-3-7-6(2)8(4-5-11)12-9(7)10/h6-9H,3-5,10-11H2,1-2H3. The molecule has 4 unspecified atom stereocenters. The Balaban J connectivity index is 2.49. The van der Waals surface area contributed by atoms with Gasteiger partial charge in [0.1, 0.15) is 7.85 Å². The molecule has 0 bridgehead atoms. The van der Waals surface area contributed by atoms with Gasteiger partial charge in [-0.2, -0.15) is 0 Å². The largest absolute Gasteiger partial charge is 0.383 e. The number of hydrogen-bond acceptors (Lipinski definition) is 2. The van der Waals surface area contributed by atoms with Crippen LogP contribution in [0.2, 0.25) is 0 Å². The lowest BCUT2D eigenvalue weighted by Gasteiger charge is -2.16. The molecule has 0 radical (unpaired) electrons. The number of nitrogens with two attached hydrogens (primary N) is 1. The fourth-order valence-electron chi connectivity index (χ4n) is 2.40. The van der Waals surface area contributed by atoms with E-state index in [-0.39, 0.29) is 0 Å². The highest BCUT2D eigenvalue weighted by molar-refractivity contribution is 6.11. The van der Waals surface area contributed by atoms with Gasteiger partial charge in [-0.3, -0.25) is 0 Å². The quantitative estimate of drug-likeness (QED) is 0.619. The molecular formula is C9H20BNO. The number of rotatable bonds is 3. The predicted molar refractivity (Wildman–Crippen MR) is 53.8 cm³/mol. The summed E-state index contributed by atoms with van der Waals surface area (Å²) in [5.74, 6) is 1.43. The van der Waals surface area contributed by atoms with Crippen molar-refractivity contribution in [3.8, 4) is 0 Å². The maximum Gasteiger partial charge on any atom is 0.139 e. The van der Waals surface area contributed by atoms with E-state index in [4.69, 9.17) is 10.5 Å². The topological polar surface area (TPSA) is 35.2 Å². The molecule has 0 aliphatic carbocycles. The maximum atomic E-state index is 5.84. The fraction of sp³-hybridized carbons (Fsp3) is 1.00. The van der Waals surface area contributed by atoms with Gasteiger partial charge in [0.15, 0.2) is 0 Å². The first-order chi connectivity index (χ1) is 5.70. The molecule has 0 amide bonds. The Morgan fingerprint density at radius 3 is 2.58 bits per heavy atom. The molecule has 1 rings (SSSR count). The Bertz CT molecular complexity index is 142. The normalized spacial score (nSPS) is 41.9. The Hall–Kier alpha value is -0.0151. The fourth-order valence-corrected chi connectivity index (χ4v) is 2.40. The van der Waals surface area contributed by atoms with Gasteiger partial charge in [0, 0.05) is 6.00 Å². The molecule has 0 saturated carbocycles. The van der Waals surface area contributed by atoms with E-state index < -0.39 is 0 Å². The first-order valence-electron chi connectivity index (χ1n) is 5.06. The smallest absolute Gasteiger partial charge is 0.139 e. The van der Waals surface area contributed by atoms with Crippen molar-refractivity contribution in [2.45, 2.75) is 38.8 Å².